The number of rotatable bonds is 5. The van der Waals surface area contributed by atoms with Gasteiger partial charge in [-0.2, -0.15) is 0 Å². The molecule has 0 fully saturated rings. The van der Waals surface area contributed by atoms with Crippen LogP contribution in [0, 0.1) is 0 Å². The molecule has 0 bridgehead atoms. The molecular weight excluding hydrogens is 254 g/mol. The number of esters is 1. The van der Waals surface area contributed by atoms with Crippen LogP contribution in [-0.4, -0.2) is 47.4 Å². The third-order valence-electron chi connectivity index (χ3n) is 2.46. The highest BCUT2D eigenvalue weighted by atomic mass is 16.5. The molecule has 0 saturated heterocycles. The number of hydrogen-bond donors (Lipinski definition) is 2. The number of methoxy groups -OCH3 is 1. The molecule has 0 unspecified atom stereocenters. The number of aromatic amines is 2. The van der Waals surface area contributed by atoms with Gasteiger partial charge in [0.2, 0.25) is 5.91 Å². The van der Waals surface area contributed by atoms with Gasteiger partial charge in [-0.25, -0.2) is 4.79 Å². The Morgan fingerprint density at radius 1 is 1.32 bits per heavy atom. The first kappa shape index (κ1) is 14.7. The van der Waals surface area contributed by atoms with Gasteiger partial charge in [-0.3, -0.25) is 19.4 Å². The van der Waals surface area contributed by atoms with Crippen LogP contribution in [-0.2, 0) is 20.7 Å². The van der Waals surface area contributed by atoms with Crippen molar-refractivity contribution >= 4 is 11.9 Å². The van der Waals surface area contributed by atoms with Gasteiger partial charge in [-0.1, -0.05) is 0 Å². The molecule has 0 spiro atoms. The van der Waals surface area contributed by atoms with Gasteiger partial charge in [0.15, 0.2) is 0 Å². The minimum Gasteiger partial charge on any atom is -0.469 e. The first-order chi connectivity index (χ1) is 8.92. The van der Waals surface area contributed by atoms with Gasteiger partial charge in [-0.15, -0.1) is 0 Å². The highest BCUT2D eigenvalue weighted by Gasteiger charge is 2.12. The van der Waals surface area contributed by atoms with Gasteiger partial charge < -0.3 is 14.6 Å². The van der Waals surface area contributed by atoms with Crippen LogP contribution in [0.1, 0.15) is 12.1 Å². The lowest BCUT2D eigenvalue weighted by molar-refractivity contribution is -0.141. The first-order valence-electron chi connectivity index (χ1n) is 5.55. The molecule has 0 aliphatic carbocycles. The Hall–Kier alpha value is -2.38. The second-order valence-corrected chi connectivity index (χ2v) is 3.93. The molecule has 104 valence electrons. The monoisotopic (exact) mass is 269 g/mol. The Morgan fingerprint density at radius 2 is 2.00 bits per heavy atom. The second-order valence-electron chi connectivity index (χ2n) is 3.93. The summed E-state index contributed by atoms with van der Waals surface area (Å²) in [7, 11) is 2.79. The number of hydrogen-bond acceptors (Lipinski definition) is 5. The molecule has 1 rings (SSSR count). The number of carbonyl (C=O) groups is 2. The number of amides is 1. The number of nitrogens with zero attached hydrogens (tertiary/aromatic N) is 1. The molecule has 1 aromatic rings. The average Bonchev–Trinajstić information content (AvgIpc) is 2.33. The normalized spacial score (nSPS) is 10.0. The number of carbonyl (C=O) groups excluding carboxylic acids is 2. The van der Waals surface area contributed by atoms with Crippen LogP contribution in [0.15, 0.2) is 15.7 Å². The second kappa shape index (κ2) is 6.53. The molecule has 8 nitrogen and oxygen atoms in total. The number of likely N-dealkylation sites (N-methyl/N-ethyl adjacent to an activating group) is 1. The van der Waals surface area contributed by atoms with E-state index in [9.17, 15) is 19.2 Å². The molecule has 1 amide bonds. The zero-order chi connectivity index (χ0) is 14.4. The molecule has 0 saturated carbocycles. The number of aromatic nitrogens is 2. The Bertz CT molecular complexity index is 546. The summed E-state index contributed by atoms with van der Waals surface area (Å²) in [5.41, 5.74) is -1.00. The van der Waals surface area contributed by atoms with Crippen LogP contribution in [0.5, 0.6) is 0 Å². The lowest BCUT2D eigenvalue weighted by atomic mass is 10.2. The van der Waals surface area contributed by atoms with Crippen molar-refractivity contribution in [1.29, 1.82) is 0 Å². The van der Waals surface area contributed by atoms with Crippen LogP contribution < -0.4 is 11.2 Å². The lowest BCUT2D eigenvalue weighted by Crippen LogP contribution is -2.32. The highest BCUT2D eigenvalue weighted by molar-refractivity contribution is 5.78. The fourth-order valence-electron chi connectivity index (χ4n) is 1.40. The standard InChI is InChI=1S/C11H15N3O5/c1-14(4-3-10(17)19-2)9(16)6-7-5-8(15)13-11(18)12-7/h5H,3-4,6H2,1-2H3,(H2,12,13,15,18). The van der Waals surface area contributed by atoms with Crippen LogP contribution in [0.4, 0.5) is 0 Å². The van der Waals surface area contributed by atoms with E-state index in [0.717, 1.165) is 6.07 Å². The Balaban J connectivity index is 2.61. The lowest BCUT2D eigenvalue weighted by Gasteiger charge is -2.16. The van der Waals surface area contributed by atoms with Gasteiger partial charge in [0, 0.05) is 25.4 Å². The van der Waals surface area contributed by atoms with Crippen molar-refractivity contribution in [2.75, 3.05) is 20.7 Å². The molecule has 0 aliphatic rings. The van der Waals surface area contributed by atoms with Crippen molar-refractivity contribution in [3.63, 3.8) is 0 Å². The van der Waals surface area contributed by atoms with E-state index in [0.29, 0.717) is 0 Å². The van der Waals surface area contributed by atoms with E-state index >= 15 is 0 Å². The molecule has 8 heteroatoms. The molecule has 0 aliphatic heterocycles. The highest BCUT2D eigenvalue weighted by Crippen LogP contribution is 1.96. The zero-order valence-corrected chi connectivity index (χ0v) is 10.7. The molecule has 2 N–H and O–H groups in total. The van der Waals surface area contributed by atoms with E-state index in [4.69, 9.17) is 0 Å². The van der Waals surface area contributed by atoms with Crippen molar-refractivity contribution < 1.29 is 14.3 Å². The van der Waals surface area contributed by atoms with E-state index in [1.807, 2.05) is 4.98 Å². The van der Waals surface area contributed by atoms with E-state index in [1.54, 1.807) is 0 Å². The minimum absolute atomic E-state index is 0.0879. The van der Waals surface area contributed by atoms with Crippen LogP contribution in [0.2, 0.25) is 0 Å². The van der Waals surface area contributed by atoms with Crippen molar-refractivity contribution in [3.8, 4) is 0 Å². The topological polar surface area (TPSA) is 112 Å². The maximum absolute atomic E-state index is 11.8. The maximum Gasteiger partial charge on any atom is 0.325 e. The largest absolute Gasteiger partial charge is 0.469 e. The van der Waals surface area contributed by atoms with Crippen molar-refractivity contribution in [1.82, 2.24) is 14.9 Å². The maximum atomic E-state index is 11.8. The van der Waals surface area contributed by atoms with Crippen molar-refractivity contribution in [3.05, 3.63) is 32.6 Å². The third kappa shape index (κ3) is 4.78. The average molecular weight is 269 g/mol. The fourth-order valence-corrected chi connectivity index (χ4v) is 1.40. The van der Waals surface area contributed by atoms with Gasteiger partial charge in [-0.05, 0) is 0 Å². The van der Waals surface area contributed by atoms with Gasteiger partial charge in [0.1, 0.15) is 0 Å². The zero-order valence-electron chi connectivity index (χ0n) is 10.7. The number of ether oxygens (including phenoxy) is 1. The predicted molar refractivity (Wildman–Crippen MR) is 65.7 cm³/mol. The van der Waals surface area contributed by atoms with E-state index in [2.05, 4.69) is 9.72 Å². The molecule has 0 radical (unpaired) electrons. The minimum atomic E-state index is -0.660. The van der Waals surface area contributed by atoms with E-state index < -0.39 is 17.2 Å². The van der Waals surface area contributed by atoms with E-state index in [1.165, 1.54) is 19.1 Å². The van der Waals surface area contributed by atoms with Gasteiger partial charge in [0.05, 0.1) is 20.0 Å². The van der Waals surface area contributed by atoms with Crippen LogP contribution >= 0.6 is 0 Å². The predicted octanol–water partition coefficient (Wildman–Crippen LogP) is -1.37. The van der Waals surface area contributed by atoms with Gasteiger partial charge in [0.25, 0.3) is 5.56 Å². The smallest absolute Gasteiger partial charge is 0.325 e. The Kier molecular flexibility index (Phi) is 5.04. The summed E-state index contributed by atoms with van der Waals surface area (Å²) < 4.78 is 4.46. The molecule has 0 atom stereocenters. The number of nitrogens with one attached hydrogen (secondary N) is 2. The van der Waals surface area contributed by atoms with Crippen molar-refractivity contribution in [2.45, 2.75) is 12.8 Å². The Labute approximate surface area is 108 Å². The van der Waals surface area contributed by atoms with Crippen molar-refractivity contribution in [2.24, 2.45) is 0 Å². The molecule has 19 heavy (non-hydrogen) atoms. The molecule has 0 aromatic carbocycles. The Morgan fingerprint density at radius 3 is 2.58 bits per heavy atom. The molecule has 1 heterocycles. The molecule has 1 aromatic heterocycles. The summed E-state index contributed by atoms with van der Waals surface area (Å²) in [6, 6.07) is 1.15. The summed E-state index contributed by atoms with van der Waals surface area (Å²) in [4.78, 5) is 50.5. The van der Waals surface area contributed by atoms with Crippen LogP contribution in [0.25, 0.3) is 0 Å². The summed E-state index contributed by atoms with van der Waals surface area (Å²) in [6.07, 6.45) is -0.0263. The number of H-pyrrole nitrogens is 2. The summed E-state index contributed by atoms with van der Waals surface area (Å²) in [5, 5.41) is 0. The quantitative estimate of drug-likeness (QED) is 0.640. The van der Waals surface area contributed by atoms with Gasteiger partial charge >= 0.3 is 11.7 Å². The SMILES string of the molecule is COC(=O)CCN(C)C(=O)Cc1cc(=O)[nH]c(=O)[nH]1. The molecular formula is C11H15N3O5. The first-order valence-corrected chi connectivity index (χ1v) is 5.55. The van der Waals surface area contributed by atoms with E-state index in [-0.39, 0.29) is 31.0 Å². The third-order valence-corrected chi connectivity index (χ3v) is 2.46. The fraction of sp³-hybridized carbons (Fsp3) is 0.455. The summed E-state index contributed by atoms with van der Waals surface area (Å²) >= 11 is 0. The summed E-state index contributed by atoms with van der Waals surface area (Å²) in [5.74, 6) is -0.727. The van der Waals surface area contributed by atoms with Crippen LogP contribution in [0.3, 0.4) is 0 Å². The summed E-state index contributed by atoms with van der Waals surface area (Å²) in [6.45, 7) is 0.207.